The van der Waals surface area contributed by atoms with Crippen LogP contribution in [0, 0.1) is 0 Å². The van der Waals surface area contributed by atoms with Crippen molar-refractivity contribution < 1.29 is 0 Å². The van der Waals surface area contributed by atoms with Gasteiger partial charge in [-0.1, -0.05) is 41.9 Å². The summed E-state index contributed by atoms with van der Waals surface area (Å²) in [6.07, 6.45) is 4.27. The maximum atomic E-state index is 6.09. The van der Waals surface area contributed by atoms with E-state index < -0.39 is 0 Å². The lowest BCUT2D eigenvalue weighted by atomic mass is 9.96. The lowest BCUT2D eigenvalue weighted by Crippen LogP contribution is -2.14. The quantitative estimate of drug-likeness (QED) is 0.339. The molecule has 0 aliphatic carbocycles. The second-order valence-electron chi connectivity index (χ2n) is 6.91. The molecule has 0 saturated carbocycles. The second-order valence-corrected chi connectivity index (χ2v) is 7.34. The molecular weight excluding hydrogens is 394 g/mol. The lowest BCUT2D eigenvalue weighted by molar-refractivity contribution is 0.999. The molecule has 0 bridgehead atoms. The van der Waals surface area contributed by atoms with Crippen molar-refractivity contribution in [2.45, 2.75) is 13.3 Å². The topological polar surface area (TPSA) is 80.0 Å². The Hall–Kier alpha value is -3.44. The maximum absolute atomic E-state index is 6.09. The average molecular weight is 416 g/mol. The summed E-state index contributed by atoms with van der Waals surface area (Å²) in [4.78, 5) is 8.47. The number of amidine groups is 1. The van der Waals surface area contributed by atoms with Crippen LogP contribution in [0.2, 0.25) is 5.02 Å². The molecule has 0 saturated heterocycles. The van der Waals surface area contributed by atoms with Gasteiger partial charge in [-0.2, -0.15) is 5.10 Å². The summed E-state index contributed by atoms with van der Waals surface area (Å²) >= 11 is 6.07. The summed E-state index contributed by atoms with van der Waals surface area (Å²) in [5.41, 5.74) is 13.2. The molecule has 0 radical (unpaired) electrons. The number of pyridine rings is 1. The van der Waals surface area contributed by atoms with Crippen LogP contribution in [0.3, 0.4) is 0 Å². The molecule has 0 unspecified atom stereocenters. The van der Waals surface area contributed by atoms with Crippen molar-refractivity contribution in [2.75, 3.05) is 6.54 Å². The monoisotopic (exact) mass is 415 g/mol. The highest BCUT2D eigenvalue weighted by atomic mass is 35.5. The molecule has 0 fully saturated rings. The Morgan fingerprint density at radius 1 is 1.03 bits per heavy atom. The fourth-order valence-corrected chi connectivity index (χ4v) is 3.58. The van der Waals surface area contributed by atoms with Crippen LogP contribution in [-0.4, -0.2) is 27.6 Å². The number of aliphatic imine (C=N–C) groups is 1. The molecule has 2 aromatic heterocycles. The molecule has 4 aromatic rings. The van der Waals surface area contributed by atoms with E-state index in [4.69, 9.17) is 17.3 Å². The first kappa shape index (κ1) is 19.9. The van der Waals surface area contributed by atoms with Crippen LogP contribution < -0.4 is 5.73 Å². The van der Waals surface area contributed by atoms with Crippen molar-refractivity contribution in [3.05, 3.63) is 94.9 Å². The van der Waals surface area contributed by atoms with Gasteiger partial charge in [-0.3, -0.25) is 15.1 Å². The predicted octanol–water partition coefficient (Wildman–Crippen LogP) is 5.11. The first-order valence-corrected chi connectivity index (χ1v) is 10.2. The molecule has 4 rings (SSSR count). The Kier molecular flexibility index (Phi) is 5.91. The zero-order valence-electron chi connectivity index (χ0n) is 16.6. The molecule has 0 aliphatic rings. The lowest BCUT2D eigenvalue weighted by Gasteiger charge is -2.08. The zero-order chi connectivity index (χ0) is 20.9. The molecule has 0 spiro atoms. The molecule has 6 heteroatoms. The minimum Gasteiger partial charge on any atom is -0.384 e. The summed E-state index contributed by atoms with van der Waals surface area (Å²) in [7, 11) is 0. The van der Waals surface area contributed by atoms with Gasteiger partial charge in [0.2, 0.25) is 0 Å². The first-order chi connectivity index (χ1) is 14.7. The summed E-state index contributed by atoms with van der Waals surface area (Å²) in [6, 6.07) is 19.9. The summed E-state index contributed by atoms with van der Waals surface area (Å²) < 4.78 is 0. The number of H-pyrrole nitrogens is 1. The van der Waals surface area contributed by atoms with E-state index in [1.54, 1.807) is 12.4 Å². The number of halogens is 1. The largest absolute Gasteiger partial charge is 0.384 e. The van der Waals surface area contributed by atoms with Gasteiger partial charge in [0.1, 0.15) is 11.5 Å². The second kappa shape index (κ2) is 8.93. The van der Waals surface area contributed by atoms with Crippen molar-refractivity contribution in [3.8, 4) is 22.4 Å². The highest BCUT2D eigenvalue weighted by Crippen LogP contribution is 2.34. The highest BCUT2D eigenvalue weighted by Gasteiger charge is 2.17. The van der Waals surface area contributed by atoms with Crippen molar-refractivity contribution >= 4 is 17.4 Å². The fraction of sp³-hybridized carbons (Fsp3) is 0.125. The van der Waals surface area contributed by atoms with E-state index in [9.17, 15) is 0 Å². The Balaban J connectivity index is 1.77. The van der Waals surface area contributed by atoms with E-state index in [1.165, 1.54) is 0 Å². The van der Waals surface area contributed by atoms with Crippen molar-refractivity contribution in [3.63, 3.8) is 0 Å². The number of rotatable bonds is 6. The van der Waals surface area contributed by atoms with E-state index in [0.29, 0.717) is 23.8 Å². The molecule has 150 valence electrons. The van der Waals surface area contributed by atoms with E-state index in [0.717, 1.165) is 39.2 Å². The molecule has 3 N–H and O–H groups in total. The van der Waals surface area contributed by atoms with Crippen LogP contribution >= 0.6 is 11.6 Å². The van der Waals surface area contributed by atoms with E-state index >= 15 is 0 Å². The molecule has 0 atom stereocenters. The van der Waals surface area contributed by atoms with Crippen LogP contribution in [0.25, 0.3) is 22.4 Å². The van der Waals surface area contributed by atoms with E-state index in [-0.39, 0.29) is 0 Å². The molecule has 2 heterocycles. The van der Waals surface area contributed by atoms with Gasteiger partial charge in [0.15, 0.2) is 0 Å². The molecule has 2 aromatic carbocycles. The van der Waals surface area contributed by atoms with Crippen molar-refractivity contribution in [1.29, 1.82) is 0 Å². The number of hydrogen-bond acceptors (Lipinski definition) is 3. The van der Waals surface area contributed by atoms with Crippen LogP contribution in [0.1, 0.15) is 23.7 Å². The highest BCUT2D eigenvalue weighted by molar-refractivity contribution is 6.30. The third-order valence-corrected chi connectivity index (χ3v) is 5.11. The summed E-state index contributed by atoms with van der Waals surface area (Å²) in [6.45, 7) is 2.63. The van der Waals surface area contributed by atoms with Gasteiger partial charge in [-0.05, 0) is 48.4 Å². The normalized spacial score (nSPS) is 11.6. The van der Waals surface area contributed by atoms with Gasteiger partial charge in [0, 0.05) is 52.8 Å². The van der Waals surface area contributed by atoms with Crippen LogP contribution in [0.15, 0.2) is 78.0 Å². The van der Waals surface area contributed by atoms with Gasteiger partial charge in [-0.25, -0.2) is 0 Å². The summed E-state index contributed by atoms with van der Waals surface area (Å²) in [5.74, 6) is 0.556. The number of aromatic nitrogens is 3. The Morgan fingerprint density at radius 2 is 1.80 bits per heavy atom. The third kappa shape index (κ3) is 4.26. The smallest absolute Gasteiger partial charge is 0.125 e. The number of nitrogens with zero attached hydrogens (tertiary/aromatic N) is 3. The van der Waals surface area contributed by atoms with Gasteiger partial charge < -0.3 is 5.73 Å². The van der Waals surface area contributed by atoms with Crippen molar-refractivity contribution in [1.82, 2.24) is 15.2 Å². The van der Waals surface area contributed by atoms with Gasteiger partial charge in [0.05, 0.1) is 0 Å². The average Bonchev–Trinajstić information content (AvgIpc) is 3.18. The van der Waals surface area contributed by atoms with E-state index in [2.05, 4.69) is 32.3 Å². The third-order valence-electron chi connectivity index (χ3n) is 4.86. The number of hydrogen-bond donors (Lipinski definition) is 2. The predicted molar refractivity (Wildman–Crippen MR) is 123 cm³/mol. The minimum absolute atomic E-state index is 0.556. The maximum Gasteiger partial charge on any atom is 0.125 e. The van der Waals surface area contributed by atoms with Crippen LogP contribution in [-0.2, 0) is 6.42 Å². The van der Waals surface area contributed by atoms with Crippen molar-refractivity contribution in [2.24, 2.45) is 10.7 Å². The fourth-order valence-electron chi connectivity index (χ4n) is 3.46. The molecule has 0 amide bonds. The van der Waals surface area contributed by atoms with Crippen LogP contribution in [0.4, 0.5) is 0 Å². The van der Waals surface area contributed by atoms with Gasteiger partial charge in [0.25, 0.3) is 0 Å². The number of nitrogens with one attached hydrogen (secondary N) is 1. The standard InChI is InChI=1S/C24H22ClN5/c1-2-28-24(26)19-5-3-4-16(14-19)15-21-22(17-10-12-27-13-11-17)23(30-29-21)18-6-8-20(25)9-7-18/h3-14H,2,15H2,1H3,(H2,26,28)(H,29,30). The van der Waals surface area contributed by atoms with Crippen LogP contribution in [0.5, 0.6) is 0 Å². The first-order valence-electron chi connectivity index (χ1n) is 9.78. The SMILES string of the molecule is CCN=C(N)c1cccc(Cc2[nH]nc(-c3ccc(Cl)cc3)c2-c2ccncc2)c1. The number of aromatic amines is 1. The zero-order valence-corrected chi connectivity index (χ0v) is 17.4. The molecular formula is C24H22ClN5. The Labute approximate surface area is 180 Å². The van der Waals surface area contributed by atoms with Gasteiger partial charge >= 0.3 is 0 Å². The number of benzene rings is 2. The molecule has 30 heavy (non-hydrogen) atoms. The molecule has 5 nitrogen and oxygen atoms in total. The Bertz CT molecular complexity index is 1160. The molecule has 0 aliphatic heterocycles. The van der Waals surface area contributed by atoms with E-state index in [1.807, 2.05) is 55.5 Å². The van der Waals surface area contributed by atoms with Gasteiger partial charge in [-0.15, -0.1) is 0 Å². The minimum atomic E-state index is 0.556. The number of nitrogens with two attached hydrogens (primary N) is 1. The summed E-state index contributed by atoms with van der Waals surface area (Å²) in [5, 5.41) is 8.58. The Morgan fingerprint density at radius 3 is 2.53 bits per heavy atom.